The summed E-state index contributed by atoms with van der Waals surface area (Å²) in [5, 5.41) is 3.19. The summed E-state index contributed by atoms with van der Waals surface area (Å²) in [6.07, 6.45) is 2.22. The van der Waals surface area contributed by atoms with E-state index in [9.17, 15) is 8.42 Å². The fourth-order valence-electron chi connectivity index (χ4n) is 2.82. The van der Waals surface area contributed by atoms with Crippen LogP contribution < -0.4 is 10.0 Å². The molecule has 9 heteroatoms. The highest BCUT2D eigenvalue weighted by molar-refractivity contribution is 14.0. The fraction of sp³-hybridized carbons (Fsp3) is 0.588. The van der Waals surface area contributed by atoms with Gasteiger partial charge in [0.05, 0.1) is 19.5 Å². The van der Waals surface area contributed by atoms with Gasteiger partial charge >= 0.3 is 0 Å². The summed E-state index contributed by atoms with van der Waals surface area (Å²) >= 11 is 0. The number of ether oxygens (including phenoxy) is 1. The third-order valence-corrected chi connectivity index (χ3v) is 4.76. The molecule has 1 heterocycles. The Bertz CT molecular complexity index is 655. The molecule has 1 aliphatic heterocycles. The van der Waals surface area contributed by atoms with Crippen molar-refractivity contribution < 1.29 is 13.2 Å². The lowest BCUT2D eigenvalue weighted by Crippen LogP contribution is -2.43. The van der Waals surface area contributed by atoms with Gasteiger partial charge in [0.25, 0.3) is 0 Å². The highest BCUT2D eigenvalue weighted by Crippen LogP contribution is 2.17. The number of sulfonamides is 1. The first kappa shape index (κ1) is 23.1. The molecule has 1 fully saturated rings. The van der Waals surface area contributed by atoms with Crippen molar-refractivity contribution in [3.05, 3.63) is 35.9 Å². The highest BCUT2D eigenvalue weighted by atomic mass is 127. The van der Waals surface area contributed by atoms with Crippen molar-refractivity contribution in [1.29, 1.82) is 0 Å². The maximum atomic E-state index is 11.1. The highest BCUT2D eigenvalue weighted by Gasteiger charge is 2.24. The molecule has 1 aromatic carbocycles. The minimum atomic E-state index is -3.15. The quantitative estimate of drug-likeness (QED) is 0.245. The minimum Gasteiger partial charge on any atom is -0.376 e. The van der Waals surface area contributed by atoms with Crippen molar-refractivity contribution in [2.45, 2.75) is 13.0 Å². The van der Waals surface area contributed by atoms with E-state index in [-0.39, 0.29) is 24.0 Å². The molecule has 0 aromatic heterocycles. The van der Waals surface area contributed by atoms with Crippen LogP contribution in [0, 0.1) is 5.92 Å². The van der Waals surface area contributed by atoms with Crippen LogP contribution >= 0.6 is 24.0 Å². The Morgan fingerprint density at radius 1 is 1.31 bits per heavy atom. The molecule has 0 spiro atoms. The number of hydrogen-bond donors (Lipinski definition) is 2. The van der Waals surface area contributed by atoms with Crippen LogP contribution in [0.2, 0.25) is 0 Å². The van der Waals surface area contributed by atoms with Crippen LogP contribution in [-0.2, 0) is 21.4 Å². The second-order valence-electron chi connectivity index (χ2n) is 6.24. The normalized spacial score (nSPS) is 17.8. The zero-order chi connectivity index (χ0) is 18.1. The van der Waals surface area contributed by atoms with E-state index in [2.05, 4.69) is 32.1 Å². The Hall–Kier alpha value is -0.910. The molecular formula is C17H29IN4O3S. The van der Waals surface area contributed by atoms with Crippen molar-refractivity contribution in [2.75, 3.05) is 46.1 Å². The number of likely N-dealkylation sites (tertiary alicyclic amines) is 1. The SMILES string of the molecule is CN=C(NCCNS(C)(=O)=O)N1CCC(COCc2ccccc2)C1.I. The first-order valence-electron chi connectivity index (χ1n) is 8.50. The van der Waals surface area contributed by atoms with E-state index in [0.29, 0.717) is 25.6 Å². The van der Waals surface area contributed by atoms with Gasteiger partial charge in [-0.05, 0) is 12.0 Å². The molecule has 0 radical (unpaired) electrons. The first-order valence-corrected chi connectivity index (χ1v) is 10.4. The largest absolute Gasteiger partial charge is 0.376 e. The van der Waals surface area contributed by atoms with Gasteiger partial charge in [0.2, 0.25) is 10.0 Å². The van der Waals surface area contributed by atoms with E-state index < -0.39 is 10.0 Å². The van der Waals surface area contributed by atoms with E-state index in [1.807, 2.05) is 18.2 Å². The second kappa shape index (κ2) is 11.7. The maximum Gasteiger partial charge on any atom is 0.208 e. The molecular weight excluding hydrogens is 467 g/mol. The molecule has 26 heavy (non-hydrogen) atoms. The number of benzene rings is 1. The Labute approximate surface area is 173 Å². The van der Waals surface area contributed by atoms with Gasteiger partial charge in [-0.2, -0.15) is 0 Å². The predicted octanol–water partition coefficient (Wildman–Crippen LogP) is 1.27. The topological polar surface area (TPSA) is 83.0 Å². The van der Waals surface area contributed by atoms with Gasteiger partial charge in [-0.25, -0.2) is 13.1 Å². The zero-order valence-corrected chi connectivity index (χ0v) is 18.5. The summed E-state index contributed by atoms with van der Waals surface area (Å²) in [6, 6.07) is 10.2. The number of guanidine groups is 1. The molecule has 1 atom stereocenters. The summed E-state index contributed by atoms with van der Waals surface area (Å²) in [5.74, 6) is 1.29. The molecule has 0 aliphatic carbocycles. The van der Waals surface area contributed by atoms with Gasteiger partial charge in [0, 0.05) is 39.1 Å². The third kappa shape index (κ3) is 8.65. The lowest BCUT2D eigenvalue weighted by atomic mass is 10.1. The van der Waals surface area contributed by atoms with Crippen LogP contribution in [0.25, 0.3) is 0 Å². The molecule has 0 bridgehead atoms. The van der Waals surface area contributed by atoms with Gasteiger partial charge < -0.3 is 15.0 Å². The molecule has 7 nitrogen and oxygen atoms in total. The Kier molecular flexibility index (Phi) is 10.4. The number of nitrogens with zero attached hydrogens (tertiary/aromatic N) is 2. The van der Waals surface area contributed by atoms with E-state index in [1.165, 1.54) is 5.56 Å². The summed E-state index contributed by atoms with van der Waals surface area (Å²) in [5.41, 5.74) is 1.19. The van der Waals surface area contributed by atoms with Crippen LogP contribution in [0.1, 0.15) is 12.0 Å². The smallest absolute Gasteiger partial charge is 0.208 e. The number of aliphatic imine (C=N–C) groups is 1. The molecule has 148 valence electrons. The molecule has 0 amide bonds. The van der Waals surface area contributed by atoms with Gasteiger partial charge in [-0.15, -0.1) is 24.0 Å². The van der Waals surface area contributed by atoms with Gasteiger partial charge in [-0.3, -0.25) is 4.99 Å². The number of hydrogen-bond acceptors (Lipinski definition) is 4. The summed E-state index contributed by atoms with van der Waals surface area (Å²) in [7, 11) is -1.41. The Morgan fingerprint density at radius 2 is 2.04 bits per heavy atom. The van der Waals surface area contributed by atoms with Crippen molar-refractivity contribution in [1.82, 2.24) is 14.9 Å². The molecule has 1 unspecified atom stereocenters. The molecule has 2 N–H and O–H groups in total. The van der Waals surface area contributed by atoms with Gasteiger partial charge in [-0.1, -0.05) is 30.3 Å². The van der Waals surface area contributed by atoms with E-state index in [1.54, 1.807) is 7.05 Å². The molecule has 0 saturated carbocycles. The van der Waals surface area contributed by atoms with Gasteiger partial charge in [0.15, 0.2) is 5.96 Å². The van der Waals surface area contributed by atoms with Crippen LogP contribution in [0.5, 0.6) is 0 Å². The van der Waals surface area contributed by atoms with Crippen LogP contribution in [0.15, 0.2) is 35.3 Å². The Balaban J connectivity index is 0.00000338. The molecule has 1 saturated heterocycles. The van der Waals surface area contributed by atoms with Crippen LogP contribution in [0.3, 0.4) is 0 Å². The van der Waals surface area contributed by atoms with Gasteiger partial charge in [0.1, 0.15) is 0 Å². The maximum absolute atomic E-state index is 11.1. The van der Waals surface area contributed by atoms with Crippen molar-refractivity contribution >= 4 is 40.0 Å². The summed E-state index contributed by atoms with van der Waals surface area (Å²) in [4.78, 5) is 6.47. The third-order valence-electron chi connectivity index (χ3n) is 4.03. The van der Waals surface area contributed by atoms with Crippen molar-refractivity contribution in [3.63, 3.8) is 0 Å². The first-order chi connectivity index (χ1) is 12.0. The lowest BCUT2D eigenvalue weighted by Gasteiger charge is -2.21. The lowest BCUT2D eigenvalue weighted by molar-refractivity contribution is 0.0907. The predicted molar refractivity (Wildman–Crippen MR) is 115 cm³/mol. The molecule has 1 aliphatic rings. The van der Waals surface area contributed by atoms with E-state index in [0.717, 1.165) is 38.3 Å². The average molecular weight is 496 g/mol. The van der Waals surface area contributed by atoms with Crippen molar-refractivity contribution in [3.8, 4) is 0 Å². The summed E-state index contributed by atoms with van der Waals surface area (Å²) < 4.78 is 30.4. The standard InChI is InChI=1S/C17H28N4O3S.HI/c1-18-17(19-9-10-20-25(2,22)23)21-11-8-16(12-21)14-24-13-15-6-4-3-5-7-15;/h3-7,16,20H,8-14H2,1-2H3,(H,18,19);1H. The van der Waals surface area contributed by atoms with Crippen LogP contribution in [0.4, 0.5) is 0 Å². The van der Waals surface area contributed by atoms with Crippen LogP contribution in [-0.4, -0.2) is 65.4 Å². The Morgan fingerprint density at radius 3 is 2.69 bits per heavy atom. The minimum absolute atomic E-state index is 0. The van der Waals surface area contributed by atoms with E-state index >= 15 is 0 Å². The monoisotopic (exact) mass is 496 g/mol. The average Bonchev–Trinajstić information content (AvgIpc) is 3.03. The number of halogens is 1. The second-order valence-corrected chi connectivity index (χ2v) is 8.07. The molecule has 2 rings (SSSR count). The fourth-order valence-corrected chi connectivity index (χ4v) is 3.29. The summed E-state index contributed by atoms with van der Waals surface area (Å²) in [6.45, 7) is 4.05. The van der Waals surface area contributed by atoms with E-state index in [4.69, 9.17) is 4.74 Å². The number of rotatable bonds is 8. The van der Waals surface area contributed by atoms with Crippen molar-refractivity contribution in [2.24, 2.45) is 10.9 Å². The number of nitrogens with one attached hydrogen (secondary N) is 2. The molecule has 1 aromatic rings. The zero-order valence-electron chi connectivity index (χ0n) is 15.3.